The van der Waals surface area contributed by atoms with Crippen LogP contribution in [0.2, 0.25) is 0 Å². The lowest BCUT2D eigenvalue weighted by Gasteiger charge is -2.11. The molecule has 0 saturated carbocycles. The Kier molecular flexibility index (Phi) is 5.24. The average Bonchev–Trinajstić information content (AvgIpc) is 3.12. The first-order chi connectivity index (χ1) is 14.8. The molecule has 8 nitrogen and oxygen atoms in total. The van der Waals surface area contributed by atoms with Crippen LogP contribution in [0.1, 0.15) is 16.7 Å². The Balaban J connectivity index is 1.63. The van der Waals surface area contributed by atoms with Gasteiger partial charge in [-0.25, -0.2) is 19.2 Å². The van der Waals surface area contributed by atoms with Crippen LogP contribution in [0.4, 0.5) is 4.39 Å². The highest BCUT2D eigenvalue weighted by molar-refractivity contribution is 5.73. The fraction of sp³-hybridized carbons (Fsp3) is 0.182. The van der Waals surface area contributed by atoms with Gasteiger partial charge in [-0.15, -0.1) is 0 Å². The predicted molar refractivity (Wildman–Crippen MR) is 109 cm³/mol. The van der Waals surface area contributed by atoms with Gasteiger partial charge in [-0.1, -0.05) is 6.07 Å². The maximum atomic E-state index is 14.0. The van der Waals surface area contributed by atoms with Gasteiger partial charge < -0.3 is 19.0 Å². The molecule has 0 aliphatic carbocycles. The molecule has 0 fully saturated rings. The van der Waals surface area contributed by atoms with E-state index in [0.29, 0.717) is 22.7 Å². The van der Waals surface area contributed by atoms with Crippen LogP contribution in [0.5, 0.6) is 17.5 Å². The number of nitrogens with zero attached hydrogens (tertiary/aromatic N) is 3. The maximum absolute atomic E-state index is 14.0. The van der Waals surface area contributed by atoms with Gasteiger partial charge in [-0.2, -0.15) is 4.98 Å². The normalized spacial score (nSPS) is 11.0. The van der Waals surface area contributed by atoms with Gasteiger partial charge >= 0.3 is 12.0 Å². The van der Waals surface area contributed by atoms with Gasteiger partial charge in [0.25, 0.3) is 5.71 Å². The van der Waals surface area contributed by atoms with Crippen LogP contribution in [0.15, 0.2) is 40.9 Å². The summed E-state index contributed by atoms with van der Waals surface area (Å²) in [6.45, 7) is 4.96. The highest BCUT2D eigenvalue weighted by Crippen LogP contribution is 2.32. The van der Waals surface area contributed by atoms with Crippen LogP contribution < -0.4 is 9.47 Å². The minimum absolute atomic E-state index is 0.00730. The zero-order valence-corrected chi connectivity index (χ0v) is 17.0. The topological polar surface area (TPSA) is 108 Å². The van der Waals surface area contributed by atoms with E-state index in [9.17, 15) is 9.18 Å². The number of rotatable bonds is 6. The number of aliphatic carboxylic acids is 1. The van der Waals surface area contributed by atoms with E-state index in [4.69, 9.17) is 19.0 Å². The van der Waals surface area contributed by atoms with E-state index in [1.165, 1.54) is 18.3 Å². The van der Waals surface area contributed by atoms with Gasteiger partial charge in [0, 0.05) is 5.56 Å². The van der Waals surface area contributed by atoms with Crippen LogP contribution >= 0.6 is 0 Å². The third kappa shape index (κ3) is 4.30. The van der Waals surface area contributed by atoms with Crippen molar-refractivity contribution in [1.29, 1.82) is 0 Å². The highest BCUT2D eigenvalue weighted by Gasteiger charge is 2.16. The van der Waals surface area contributed by atoms with Crippen molar-refractivity contribution in [3.8, 4) is 29.0 Å². The van der Waals surface area contributed by atoms with E-state index in [2.05, 4.69) is 15.0 Å². The van der Waals surface area contributed by atoms with Crippen LogP contribution in [-0.2, 0) is 4.79 Å². The molecular formula is C22H18FN3O5. The smallest absolute Gasteiger partial charge is 0.341 e. The van der Waals surface area contributed by atoms with Gasteiger partial charge in [-0.3, -0.25) is 0 Å². The SMILES string of the molecule is Cc1ccc(Oc2ncc3nc(-c4cc(C)c(OCC(=O)O)c(C)c4)oc3n2)c(F)c1. The molecule has 0 aliphatic rings. The van der Waals surface area contributed by atoms with E-state index < -0.39 is 18.4 Å². The zero-order valence-electron chi connectivity index (χ0n) is 17.0. The number of carboxylic acids is 1. The van der Waals surface area contributed by atoms with Crippen molar-refractivity contribution in [2.24, 2.45) is 0 Å². The molecule has 31 heavy (non-hydrogen) atoms. The van der Waals surface area contributed by atoms with Gasteiger partial charge in [0.1, 0.15) is 11.3 Å². The molecule has 0 bridgehead atoms. The molecule has 0 atom stereocenters. The summed E-state index contributed by atoms with van der Waals surface area (Å²) in [5.74, 6) is -0.758. The lowest BCUT2D eigenvalue weighted by molar-refractivity contribution is -0.139. The molecule has 0 amide bonds. The van der Waals surface area contributed by atoms with Crippen LogP contribution in [0.25, 0.3) is 22.7 Å². The Labute approximate surface area is 176 Å². The fourth-order valence-corrected chi connectivity index (χ4v) is 3.12. The number of aromatic nitrogens is 3. The van der Waals surface area contributed by atoms with E-state index in [1.54, 1.807) is 39.0 Å². The molecular weight excluding hydrogens is 405 g/mol. The first kappa shape index (κ1) is 20.3. The molecule has 0 saturated heterocycles. The Bertz CT molecular complexity index is 1280. The largest absolute Gasteiger partial charge is 0.481 e. The quantitative estimate of drug-likeness (QED) is 0.479. The van der Waals surface area contributed by atoms with Gasteiger partial charge in [-0.05, 0) is 61.7 Å². The Morgan fingerprint density at radius 3 is 2.55 bits per heavy atom. The molecule has 0 aliphatic heterocycles. The second-order valence-electron chi connectivity index (χ2n) is 7.02. The molecule has 0 spiro atoms. The summed E-state index contributed by atoms with van der Waals surface area (Å²) >= 11 is 0. The third-order valence-corrected chi connectivity index (χ3v) is 4.46. The Morgan fingerprint density at radius 1 is 1.13 bits per heavy atom. The predicted octanol–water partition coefficient (Wildman–Crippen LogP) is 4.60. The molecule has 0 unspecified atom stereocenters. The summed E-state index contributed by atoms with van der Waals surface area (Å²) < 4.78 is 30.6. The first-order valence-electron chi connectivity index (χ1n) is 9.34. The number of hydrogen-bond acceptors (Lipinski definition) is 7. The number of fused-ring (bicyclic) bond motifs is 1. The number of ether oxygens (including phenoxy) is 2. The molecule has 0 radical (unpaired) electrons. The summed E-state index contributed by atoms with van der Waals surface area (Å²) in [4.78, 5) is 23.4. The minimum atomic E-state index is -1.05. The van der Waals surface area contributed by atoms with Crippen LogP contribution in [-0.4, -0.2) is 32.6 Å². The number of aryl methyl sites for hydroxylation is 3. The molecule has 4 aromatic rings. The molecule has 2 heterocycles. The molecule has 158 valence electrons. The van der Waals surface area contributed by atoms with E-state index in [-0.39, 0.29) is 17.5 Å². The summed E-state index contributed by atoms with van der Waals surface area (Å²) in [5, 5.41) is 8.82. The summed E-state index contributed by atoms with van der Waals surface area (Å²) in [5.41, 5.74) is 3.52. The highest BCUT2D eigenvalue weighted by atomic mass is 19.1. The number of hydrogen-bond donors (Lipinski definition) is 1. The maximum Gasteiger partial charge on any atom is 0.341 e. The van der Waals surface area contributed by atoms with Crippen molar-refractivity contribution in [2.45, 2.75) is 20.8 Å². The minimum Gasteiger partial charge on any atom is -0.481 e. The van der Waals surface area contributed by atoms with Crippen molar-refractivity contribution < 1.29 is 28.2 Å². The van der Waals surface area contributed by atoms with Crippen molar-refractivity contribution in [2.75, 3.05) is 6.61 Å². The number of carboxylic acid groups (broad SMARTS) is 1. The lowest BCUT2D eigenvalue weighted by atomic mass is 10.1. The molecule has 1 N–H and O–H groups in total. The Morgan fingerprint density at radius 2 is 1.87 bits per heavy atom. The zero-order chi connectivity index (χ0) is 22.1. The number of oxazole rings is 1. The number of carbonyl (C=O) groups is 1. The van der Waals surface area contributed by atoms with Crippen molar-refractivity contribution in [1.82, 2.24) is 15.0 Å². The molecule has 2 aromatic carbocycles. The molecule has 4 rings (SSSR count). The lowest BCUT2D eigenvalue weighted by Crippen LogP contribution is -2.10. The summed E-state index contributed by atoms with van der Waals surface area (Å²) in [6, 6.07) is 8.07. The van der Waals surface area contributed by atoms with Crippen LogP contribution in [0.3, 0.4) is 0 Å². The van der Waals surface area contributed by atoms with Crippen molar-refractivity contribution in [3.05, 3.63) is 59.0 Å². The monoisotopic (exact) mass is 423 g/mol. The second-order valence-corrected chi connectivity index (χ2v) is 7.02. The van der Waals surface area contributed by atoms with E-state index in [0.717, 1.165) is 16.7 Å². The molecule has 9 heteroatoms. The number of benzene rings is 2. The first-order valence-corrected chi connectivity index (χ1v) is 9.34. The van der Waals surface area contributed by atoms with Gasteiger partial charge in [0.05, 0.1) is 6.20 Å². The van der Waals surface area contributed by atoms with Gasteiger partial charge in [0.2, 0.25) is 5.89 Å². The van der Waals surface area contributed by atoms with Crippen LogP contribution in [0, 0.1) is 26.6 Å². The Hall–Kier alpha value is -4.01. The van der Waals surface area contributed by atoms with Crippen molar-refractivity contribution >= 4 is 17.2 Å². The standard InChI is InChI=1S/C22H18FN3O5/c1-11-4-5-17(15(23)6-11)30-22-24-9-16-21(26-22)31-20(25-16)14-7-12(2)19(13(3)8-14)29-10-18(27)28/h4-9H,10H2,1-3H3,(H,27,28). The second kappa shape index (κ2) is 8.02. The fourth-order valence-electron chi connectivity index (χ4n) is 3.12. The molecule has 2 aromatic heterocycles. The van der Waals surface area contributed by atoms with E-state index >= 15 is 0 Å². The third-order valence-electron chi connectivity index (χ3n) is 4.46. The van der Waals surface area contributed by atoms with E-state index in [1.807, 2.05) is 0 Å². The van der Waals surface area contributed by atoms with Crippen molar-refractivity contribution in [3.63, 3.8) is 0 Å². The van der Waals surface area contributed by atoms with Gasteiger partial charge in [0.15, 0.2) is 18.2 Å². The summed E-state index contributed by atoms with van der Waals surface area (Å²) in [6.07, 6.45) is 1.43. The average molecular weight is 423 g/mol. The summed E-state index contributed by atoms with van der Waals surface area (Å²) in [7, 11) is 0. The number of halogens is 1.